The summed E-state index contributed by atoms with van der Waals surface area (Å²) in [5.74, 6) is -0.790. The number of anilines is 1. The first-order valence-electron chi connectivity index (χ1n) is 6.83. The highest BCUT2D eigenvalue weighted by atomic mass is 16.6. The van der Waals surface area contributed by atoms with Crippen LogP contribution in [0.2, 0.25) is 0 Å². The number of carbonyl (C=O) groups excluding carboxylic acids is 1. The minimum Gasteiger partial charge on any atom is -0.507 e. The summed E-state index contributed by atoms with van der Waals surface area (Å²) >= 11 is 0. The number of para-hydroxylation sites is 2. The topological polar surface area (TPSA) is 92.5 Å². The molecule has 0 aliphatic heterocycles. The van der Waals surface area contributed by atoms with E-state index >= 15 is 0 Å². The van der Waals surface area contributed by atoms with Crippen LogP contribution in [0.3, 0.4) is 0 Å². The lowest BCUT2D eigenvalue weighted by atomic mass is 10.1. The molecular formula is C17H12N2O4. The molecule has 0 aliphatic carbocycles. The Morgan fingerprint density at radius 3 is 2.30 bits per heavy atom. The Morgan fingerprint density at radius 2 is 1.61 bits per heavy atom. The van der Waals surface area contributed by atoms with Crippen molar-refractivity contribution in [1.82, 2.24) is 0 Å². The number of nitro benzene ring substituents is 1. The lowest BCUT2D eigenvalue weighted by Crippen LogP contribution is -2.13. The summed E-state index contributed by atoms with van der Waals surface area (Å²) in [6.45, 7) is 0. The highest BCUT2D eigenvalue weighted by Gasteiger charge is 2.18. The van der Waals surface area contributed by atoms with Crippen molar-refractivity contribution in [1.29, 1.82) is 0 Å². The molecule has 0 saturated carbocycles. The van der Waals surface area contributed by atoms with Crippen LogP contribution < -0.4 is 5.32 Å². The molecule has 0 bridgehead atoms. The number of phenolic OH excluding ortho intramolecular Hbond substituents is 1. The number of hydrogen-bond donors (Lipinski definition) is 2. The highest BCUT2D eigenvalue weighted by Crippen LogP contribution is 2.28. The number of aromatic hydroxyl groups is 1. The number of rotatable bonds is 3. The number of fused-ring (bicyclic) bond motifs is 1. The molecule has 6 nitrogen and oxygen atoms in total. The van der Waals surface area contributed by atoms with E-state index in [4.69, 9.17) is 0 Å². The number of nitrogens with zero attached hydrogens (tertiary/aromatic N) is 1. The minimum absolute atomic E-state index is 0.0573. The van der Waals surface area contributed by atoms with Crippen molar-refractivity contribution in [3.8, 4) is 5.75 Å². The summed E-state index contributed by atoms with van der Waals surface area (Å²) in [5.41, 5.74) is -0.0713. The Morgan fingerprint density at radius 1 is 1.00 bits per heavy atom. The molecule has 114 valence electrons. The number of benzene rings is 3. The van der Waals surface area contributed by atoms with Gasteiger partial charge in [0.15, 0.2) is 0 Å². The standard InChI is InChI=1S/C17H12N2O4/c20-16-10-12-6-2-1-5-11(12)9-13(16)17(21)18-14-7-3-4-8-15(14)19(22)23/h1-10,20H,(H,18,21). The zero-order chi connectivity index (χ0) is 16.4. The normalized spacial score (nSPS) is 10.4. The lowest BCUT2D eigenvalue weighted by molar-refractivity contribution is -0.383. The molecule has 1 amide bonds. The molecule has 0 fully saturated rings. The maximum Gasteiger partial charge on any atom is 0.292 e. The lowest BCUT2D eigenvalue weighted by Gasteiger charge is -2.08. The molecule has 0 heterocycles. The smallest absolute Gasteiger partial charge is 0.292 e. The largest absolute Gasteiger partial charge is 0.507 e. The second-order valence-corrected chi connectivity index (χ2v) is 4.94. The molecule has 0 unspecified atom stereocenters. The Labute approximate surface area is 131 Å². The molecular weight excluding hydrogens is 296 g/mol. The van der Waals surface area contributed by atoms with Crippen LogP contribution in [-0.4, -0.2) is 15.9 Å². The Bertz CT molecular complexity index is 921. The number of phenols is 1. The third-order valence-corrected chi connectivity index (χ3v) is 3.46. The summed E-state index contributed by atoms with van der Waals surface area (Å²) in [6.07, 6.45) is 0. The molecule has 0 atom stereocenters. The van der Waals surface area contributed by atoms with Gasteiger partial charge in [0.2, 0.25) is 0 Å². The van der Waals surface area contributed by atoms with E-state index in [0.29, 0.717) is 0 Å². The van der Waals surface area contributed by atoms with Crippen molar-refractivity contribution in [2.45, 2.75) is 0 Å². The van der Waals surface area contributed by atoms with Gasteiger partial charge in [0.05, 0.1) is 10.5 Å². The van der Waals surface area contributed by atoms with E-state index in [9.17, 15) is 20.0 Å². The molecule has 0 aliphatic rings. The van der Waals surface area contributed by atoms with E-state index in [1.165, 1.54) is 24.3 Å². The van der Waals surface area contributed by atoms with Crippen molar-refractivity contribution in [3.05, 3.63) is 76.3 Å². The number of nitrogens with one attached hydrogen (secondary N) is 1. The van der Waals surface area contributed by atoms with Gasteiger partial charge in [-0.05, 0) is 29.0 Å². The van der Waals surface area contributed by atoms with Gasteiger partial charge in [-0.15, -0.1) is 0 Å². The van der Waals surface area contributed by atoms with E-state index in [1.54, 1.807) is 12.1 Å². The summed E-state index contributed by atoms with van der Waals surface area (Å²) in [7, 11) is 0. The number of hydrogen-bond acceptors (Lipinski definition) is 4. The van der Waals surface area contributed by atoms with Gasteiger partial charge >= 0.3 is 0 Å². The van der Waals surface area contributed by atoms with Crippen LogP contribution in [0.25, 0.3) is 10.8 Å². The summed E-state index contributed by atoms with van der Waals surface area (Å²) in [4.78, 5) is 22.8. The maximum atomic E-state index is 12.4. The zero-order valence-electron chi connectivity index (χ0n) is 11.9. The fraction of sp³-hybridized carbons (Fsp3) is 0. The Balaban J connectivity index is 1.98. The zero-order valence-corrected chi connectivity index (χ0v) is 11.9. The average Bonchev–Trinajstić information content (AvgIpc) is 2.54. The van der Waals surface area contributed by atoms with Crippen molar-refractivity contribution in [3.63, 3.8) is 0 Å². The van der Waals surface area contributed by atoms with Gasteiger partial charge in [-0.1, -0.05) is 36.4 Å². The van der Waals surface area contributed by atoms with Crippen molar-refractivity contribution in [2.75, 3.05) is 5.32 Å². The molecule has 2 N–H and O–H groups in total. The maximum absolute atomic E-state index is 12.4. The van der Waals surface area contributed by atoms with Gasteiger partial charge in [0.25, 0.3) is 11.6 Å². The SMILES string of the molecule is O=C(Nc1ccccc1[N+](=O)[O-])c1cc2ccccc2cc1O. The number of nitro groups is 1. The molecule has 6 heteroatoms. The Kier molecular flexibility index (Phi) is 3.64. The number of carbonyl (C=O) groups is 1. The molecule has 0 spiro atoms. The van der Waals surface area contributed by atoms with Crippen LogP contribution >= 0.6 is 0 Å². The predicted molar refractivity (Wildman–Crippen MR) is 86.7 cm³/mol. The van der Waals surface area contributed by atoms with Gasteiger partial charge in [-0.2, -0.15) is 0 Å². The molecule has 3 rings (SSSR count). The van der Waals surface area contributed by atoms with Crippen LogP contribution in [0.5, 0.6) is 5.75 Å². The van der Waals surface area contributed by atoms with Crippen LogP contribution in [0, 0.1) is 10.1 Å². The summed E-state index contributed by atoms with van der Waals surface area (Å²) in [5, 5.41) is 25.1. The quantitative estimate of drug-likeness (QED) is 0.570. The third kappa shape index (κ3) is 2.82. The van der Waals surface area contributed by atoms with Crippen LogP contribution in [-0.2, 0) is 0 Å². The second kappa shape index (κ2) is 5.76. The predicted octanol–water partition coefficient (Wildman–Crippen LogP) is 3.71. The fourth-order valence-electron chi connectivity index (χ4n) is 2.34. The first-order valence-corrected chi connectivity index (χ1v) is 6.83. The number of amides is 1. The summed E-state index contributed by atoms with van der Waals surface area (Å²) < 4.78 is 0. The first kappa shape index (κ1) is 14.5. The minimum atomic E-state index is -0.609. The van der Waals surface area contributed by atoms with E-state index < -0.39 is 10.8 Å². The van der Waals surface area contributed by atoms with Gasteiger partial charge in [-0.3, -0.25) is 14.9 Å². The van der Waals surface area contributed by atoms with Gasteiger partial charge in [0, 0.05) is 6.07 Å². The molecule has 0 radical (unpaired) electrons. The van der Waals surface area contributed by atoms with Gasteiger partial charge in [0.1, 0.15) is 11.4 Å². The summed E-state index contributed by atoms with van der Waals surface area (Å²) in [6, 6.07) is 16.2. The van der Waals surface area contributed by atoms with Crippen LogP contribution in [0.1, 0.15) is 10.4 Å². The van der Waals surface area contributed by atoms with Gasteiger partial charge < -0.3 is 10.4 Å². The Hall–Kier alpha value is -3.41. The molecule has 23 heavy (non-hydrogen) atoms. The van der Waals surface area contributed by atoms with E-state index in [0.717, 1.165) is 10.8 Å². The monoisotopic (exact) mass is 308 g/mol. The van der Waals surface area contributed by atoms with Gasteiger partial charge in [-0.25, -0.2) is 0 Å². The molecule has 0 aromatic heterocycles. The van der Waals surface area contributed by atoms with Crippen molar-refractivity contribution < 1.29 is 14.8 Å². The van der Waals surface area contributed by atoms with Crippen LogP contribution in [0.15, 0.2) is 60.7 Å². The third-order valence-electron chi connectivity index (χ3n) is 3.46. The van der Waals surface area contributed by atoms with E-state index in [2.05, 4.69) is 5.32 Å². The first-order chi connectivity index (χ1) is 11.1. The molecule has 3 aromatic carbocycles. The van der Waals surface area contributed by atoms with Crippen LogP contribution in [0.4, 0.5) is 11.4 Å². The van der Waals surface area contributed by atoms with E-state index in [1.807, 2.05) is 24.3 Å². The van der Waals surface area contributed by atoms with E-state index in [-0.39, 0.29) is 22.7 Å². The highest BCUT2D eigenvalue weighted by molar-refractivity contribution is 6.09. The fourth-order valence-corrected chi connectivity index (χ4v) is 2.34. The van der Waals surface area contributed by atoms with Crippen molar-refractivity contribution in [2.24, 2.45) is 0 Å². The average molecular weight is 308 g/mol. The molecule has 0 saturated heterocycles. The van der Waals surface area contributed by atoms with Crippen molar-refractivity contribution >= 4 is 28.1 Å². The molecule has 3 aromatic rings. The second-order valence-electron chi connectivity index (χ2n) is 4.94.